The summed E-state index contributed by atoms with van der Waals surface area (Å²) >= 11 is 0. The number of rotatable bonds is 2. The Bertz CT molecular complexity index is 339. The van der Waals surface area contributed by atoms with E-state index in [1.807, 2.05) is 6.07 Å². The van der Waals surface area contributed by atoms with Gasteiger partial charge in [0, 0.05) is 5.56 Å². The first-order valence-electron chi connectivity index (χ1n) is 3.98. The quantitative estimate of drug-likeness (QED) is 0.742. The molecule has 0 aliphatic heterocycles. The van der Waals surface area contributed by atoms with Gasteiger partial charge in [0.15, 0.2) is 0 Å². The molecule has 0 amide bonds. The van der Waals surface area contributed by atoms with Crippen LogP contribution in [0.15, 0.2) is 18.2 Å². The number of aliphatic hydroxyl groups excluding tert-OH is 1. The lowest BCUT2D eigenvalue weighted by molar-refractivity contribution is 0.164. The predicted octanol–water partition coefficient (Wildman–Crippen LogP) is 1.54. The highest BCUT2D eigenvalue weighted by molar-refractivity contribution is 5.43. The zero-order valence-corrected chi connectivity index (χ0v) is 7.32. The van der Waals surface area contributed by atoms with Gasteiger partial charge in [-0.15, -0.1) is 0 Å². The summed E-state index contributed by atoms with van der Waals surface area (Å²) in [5, 5.41) is 28.8. The molecule has 1 aromatic carbocycles. The molecular formula is C10H10NO2. The molecule has 1 unspecified atom stereocenters. The molecule has 1 rings (SSSR count). The summed E-state index contributed by atoms with van der Waals surface area (Å²) in [5.74, 6) is 0. The first-order valence-corrected chi connectivity index (χ1v) is 3.98. The number of benzene rings is 1. The number of nitriles is 1. The van der Waals surface area contributed by atoms with Crippen LogP contribution in [0.2, 0.25) is 0 Å². The van der Waals surface area contributed by atoms with E-state index in [-0.39, 0.29) is 0 Å². The third kappa shape index (κ3) is 1.86. The maximum atomic E-state index is 10.7. The Labute approximate surface area is 76.9 Å². The largest absolute Gasteiger partial charge is 0.389 e. The van der Waals surface area contributed by atoms with Crippen molar-refractivity contribution in [1.82, 2.24) is 0 Å². The lowest BCUT2D eigenvalue weighted by Crippen LogP contribution is -2.01. The minimum atomic E-state index is -0.764. The summed E-state index contributed by atoms with van der Waals surface area (Å²) in [4.78, 5) is 0. The second-order valence-electron chi connectivity index (χ2n) is 2.81. The van der Waals surface area contributed by atoms with Crippen molar-refractivity contribution in [2.45, 2.75) is 19.6 Å². The average Bonchev–Trinajstić information content (AvgIpc) is 2.16. The summed E-state index contributed by atoms with van der Waals surface area (Å²) in [6.07, 6.45) is -0.764. The van der Waals surface area contributed by atoms with Gasteiger partial charge in [0.1, 0.15) is 6.61 Å². The van der Waals surface area contributed by atoms with Crippen LogP contribution in [0.25, 0.3) is 0 Å². The van der Waals surface area contributed by atoms with Crippen LogP contribution in [0.5, 0.6) is 0 Å². The van der Waals surface area contributed by atoms with E-state index in [0.717, 1.165) is 0 Å². The average molecular weight is 176 g/mol. The van der Waals surface area contributed by atoms with Gasteiger partial charge in [0.05, 0.1) is 17.7 Å². The van der Waals surface area contributed by atoms with Gasteiger partial charge in [-0.2, -0.15) is 5.26 Å². The first kappa shape index (κ1) is 9.72. The first-order chi connectivity index (χ1) is 6.20. The molecule has 0 saturated heterocycles. The van der Waals surface area contributed by atoms with Crippen LogP contribution in [0.3, 0.4) is 0 Å². The summed E-state index contributed by atoms with van der Waals surface area (Å²) in [6, 6.07) is 6.84. The Morgan fingerprint density at radius 1 is 1.62 bits per heavy atom. The van der Waals surface area contributed by atoms with Gasteiger partial charge in [0.2, 0.25) is 0 Å². The fraction of sp³-hybridized carbons (Fsp3) is 0.300. The number of aliphatic hydroxyl groups is 1. The maximum absolute atomic E-state index is 10.7. The highest BCUT2D eigenvalue weighted by Gasteiger charge is 2.12. The molecule has 0 spiro atoms. The molecule has 1 N–H and O–H groups in total. The van der Waals surface area contributed by atoms with Crippen molar-refractivity contribution >= 4 is 0 Å². The van der Waals surface area contributed by atoms with Gasteiger partial charge < -0.3 is 5.11 Å². The van der Waals surface area contributed by atoms with Crippen molar-refractivity contribution in [3.05, 3.63) is 34.9 Å². The molecule has 0 aliphatic carbocycles. The predicted molar refractivity (Wildman–Crippen MR) is 46.2 cm³/mol. The zero-order valence-electron chi connectivity index (χ0n) is 7.32. The minimum absolute atomic E-state index is 0.378. The van der Waals surface area contributed by atoms with Crippen LogP contribution >= 0.6 is 0 Å². The molecule has 3 heteroatoms. The highest BCUT2D eigenvalue weighted by atomic mass is 16.3. The van der Waals surface area contributed by atoms with Crippen LogP contribution in [0, 0.1) is 11.3 Å². The van der Waals surface area contributed by atoms with Crippen molar-refractivity contribution in [2.75, 3.05) is 0 Å². The molecule has 1 radical (unpaired) electrons. The van der Waals surface area contributed by atoms with Gasteiger partial charge >= 0.3 is 0 Å². The van der Waals surface area contributed by atoms with E-state index in [1.54, 1.807) is 25.1 Å². The third-order valence-electron chi connectivity index (χ3n) is 1.89. The topological polar surface area (TPSA) is 63.9 Å². The fourth-order valence-corrected chi connectivity index (χ4v) is 1.33. The molecule has 0 aliphatic rings. The van der Waals surface area contributed by atoms with Crippen molar-refractivity contribution in [1.29, 1.82) is 5.26 Å². The van der Waals surface area contributed by atoms with Crippen LogP contribution in [-0.4, -0.2) is 5.11 Å². The fourth-order valence-electron chi connectivity index (χ4n) is 1.33. The van der Waals surface area contributed by atoms with E-state index in [4.69, 9.17) is 5.26 Å². The summed E-state index contributed by atoms with van der Waals surface area (Å²) in [7, 11) is 0. The van der Waals surface area contributed by atoms with E-state index in [9.17, 15) is 10.2 Å². The third-order valence-corrected chi connectivity index (χ3v) is 1.89. The molecule has 0 saturated carbocycles. The highest BCUT2D eigenvalue weighted by Crippen LogP contribution is 2.21. The van der Waals surface area contributed by atoms with Crippen LogP contribution < -0.4 is 0 Å². The second-order valence-corrected chi connectivity index (χ2v) is 2.81. The lowest BCUT2D eigenvalue weighted by atomic mass is 9.98. The molecule has 1 atom stereocenters. The van der Waals surface area contributed by atoms with Gasteiger partial charge in [-0.25, -0.2) is 5.11 Å². The molecule has 3 nitrogen and oxygen atoms in total. The molecule has 0 bridgehead atoms. The number of nitrogens with zero attached hydrogens (tertiary/aromatic N) is 1. The van der Waals surface area contributed by atoms with Crippen molar-refractivity contribution in [3.63, 3.8) is 0 Å². The number of hydrogen-bond acceptors (Lipinski definition) is 2. The Morgan fingerprint density at radius 3 is 2.77 bits per heavy atom. The molecule has 67 valence electrons. The molecule has 0 heterocycles. The van der Waals surface area contributed by atoms with E-state index >= 15 is 0 Å². The standard InChI is InChI=1S/C10H10NO2/c1-7(13)10-8(5-11)3-2-4-9(10)6-12/h2-4,7,13H,6H2,1H3. The van der Waals surface area contributed by atoms with Crippen molar-refractivity contribution in [2.24, 2.45) is 0 Å². The molecule has 13 heavy (non-hydrogen) atoms. The van der Waals surface area contributed by atoms with Gasteiger partial charge in [-0.3, -0.25) is 0 Å². The summed E-state index contributed by atoms with van der Waals surface area (Å²) < 4.78 is 0. The molecule has 1 aromatic rings. The van der Waals surface area contributed by atoms with E-state index in [2.05, 4.69) is 0 Å². The van der Waals surface area contributed by atoms with Crippen LogP contribution in [0.4, 0.5) is 0 Å². The number of hydrogen-bond donors (Lipinski definition) is 1. The maximum Gasteiger partial charge on any atom is 0.108 e. The second kappa shape index (κ2) is 4.04. The van der Waals surface area contributed by atoms with Gasteiger partial charge in [-0.1, -0.05) is 12.1 Å². The Morgan fingerprint density at radius 2 is 2.31 bits per heavy atom. The normalized spacial score (nSPS) is 12.2. The lowest BCUT2D eigenvalue weighted by Gasteiger charge is -2.10. The van der Waals surface area contributed by atoms with Crippen molar-refractivity contribution < 1.29 is 10.2 Å². The summed E-state index contributed by atoms with van der Waals surface area (Å²) in [5.41, 5.74) is 1.33. The van der Waals surface area contributed by atoms with E-state index in [0.29, 0.717) is 16.7 Å². The van der Waals surface area contributed by atoms with Gasteiger partial charge in [-0.05, 0) is 18.6 Å². The van der Waals surface area contributed by atoms with Crippen molar-refractivity contribution in [3.8, 4) is 6.07 Å². The smallest absolute Gasteiger partial charge is 0.108 e. The Balaban J connectivity index is 3.32. The summed E-state index contributed by atoms with van der Waals surface area (Å²) in [6.45, 7) is 1.14. The Hall–Kier alpha value is -1.37. The van der Waals surface area contributed by atoms with Crippen LogP contribution in [0.1, 0.15) is 29.7 Å². The SMILES string of the molecule is CC(O)c1c(C#N)cccc1C[O]. The van der Waals surface area contributed by atoms with Gasteiger partial charge in [0.25, 0.3) is 0 Å². The molecule has 0 fully saturated rings. The zero-order chi connectivity index (χ0) is 9.84. The monoisotopic (exact) mass is 176 g/mol. The van der Waals surface area contributed by atoms with Crippen LogP contribution in [-0.2, 0) is 11.7 Å². The minimum Gasteiger partial charge on any atom is -0.389 e. The van der Waals surface area contributed by atoms with E-state index < -0.39 is 12.7 Å². The molecule has 0 aromatic heterocycles. The Kier molecular flexibility index (Phi) is 3.02. The van der Waals surface area contributed by atoms with E-state index in [1.165, 1.54) is 0 Å². The molecular weight excluding hydrogens is 166 g/mol.